The lowest BCUT2D eigenvalue weighted by atomic mass is 10.1. The van der Waals surface area contributed by atoms with Crippen molar-refractivity contribution in [2.45, 2.75) is 10.9 Å². The summed E-state index contributed by atoms with van der Waals surface area (Å²) in [5, 5.41) is 0. The van der Waals surface area contributed by atoms with Crippen LogP contribution in [0, 0.1) is 0 Å². The zero-order valence-electron chi connectivity index (χ0n) is 16.3. The minimum atomic E-state index is -3.82. The van der Waals surface area contributed by atoms with Crippen LogP contribution in [0.3, 0.4) is 0 Å². The van der Waals surface area contributed by atoms with E-state index in [2.05, 4.69) is 4.72 Å². The van der Waals surface area contributed by atoms with Gasteiger partial charge in [0.2, 0.25) is 16.8 Å². The standard InChI is InChI=1S/C19H24N2O6S/c1-21(2)15(13-5-7-16-18(9-13)27-12-26-16)11-20-28(22,23)19-10-14(24-3)6-8-17(19)25-4/h5-10,15,20H,11-12H2,1-4H3/t15-/m1/s1. The van der Waals surface area contributed by atoms with Gasteiger partial charge in [0.15, 0.2) is 11.5 Å². The Balaban J connectivity index is 1.84. The van der Waals surface area contributed by atoms with Crippen LogP contribution in [0.5, 0.6) is 23.0 Å². The fraction of sp³-hybridized carbons (Fsp3) is 0.368. The van der Waals surface area contributed by atoms with Gasteiger partial charge in [0.25, 0.3) is 0 Å². The van der Waals surface area contributed by atoms with E-state index in [0.29, 0.717) is 17.2 Å². The van der Waals surface area contributed by atoms with E-state index in [0.717, 1.165) is 5.56 Å². The van der Waals surface area contributed by atoms with Gasteiger partial charge in [-0.2, -0.15) is 0 Å². The quantitative estimate of drug-likeness (QED) is 0.715. The summed E-state index contributed by atoms with van der Waals surface area (Å²) in [6.45, 7) is 0.350. The van der Waals surface area contributed by atoms with Gasteiger partial charge in [-0.05, 0) is 43.9 Å². The van der Waals surface area contributed by atoms with E-state index >= 15 is 0 Å². The van der Waals surface area contributed by atoms with Gasteiger partial charge in [-0.15, -0.1) is 0 Å². The lowest BCUT2D eigenvalue weighted by Gasteiger charge is -2.25. The second-order valence-corrected chi connectivity index (χ2v) is 8.20. The predicted molar refractivity (Wildman–Crippen MR) is 104 cm³/mol. The number of hydrogen-bond donors (Lipinski definition) is 1. The molecule has 0 amide bonds. The number of methoxy groups -OCH3 is 2. The molecule has 1 atom stereocenters. The van der Waals surface area contributed by atoms with Gasteiger partial charge in [-0.1, -0.05) is 6.07 Å². The summed E-state index contributed by atoms with van der Waals surface area (Å²) in [4.78, 5) is 1.96. The molecule has 0 spiro atoms. The van der Waals surface area contributed by atoms with Crippen molar-refractivity contribution in [3.05, 3.63) is 42.0 Å². The fourth-order valence-corrected chi connectivity index (χ4v) is 4.20. The largest absolute Gasteiger partial charge is 0.497 e. The molecule has 152 valence electrons. The zero-order valence-corrected chi connectivity index (χ0v) is 17.1. The Morgan fingerprint density at radius 2 is 1.82 bits per heavy atom. The number of sulfonamides is 1. The van der Waals surface area contributed by atoms with Crippen LogP contribution in [0.1, 0.15) is 11.6 Å². The van der Waals surface area contributed by atoms with Crippen molar-refractivity contribution in [2.75, 3.05) is 41.7 Å². The summed E-state index contributed by atoms with van der Waals surface area (Å²) in [7, 11) is 2.85. The molecule has 1 aliphatic rings. The number of likely N-dealkylation sites (N-methyl/N-ethyl adjacent to an activating group) is 1. The molecule has 1 aliphatic heterocycles. The molecule has 0 saturated heterocycles. The molecule has 3 rings (SSSR count). The summed E-state index contributed by atoms with van der Waals surface area (Å²) in [6, 6.07) is 10.0. The first-order chi connectivity index (χ1) is 13.4. The summed E-state index contributed by atoms with van der Waals surface area (Å²) in [6.07, 6.45) is 0. The molecule has 0 radical (unpaired) electrons. The van der Waals surface area contributed by atoms with E-state index in [1.165, 1.54) is 20.3 Å². The lowest BCUT2D eigenvalue weighted by Crippen LogP contribution is -2.34. The summed E-state index contributed by atoms with van der Waals surface area (Å²) in [5.41, 5.74) is 0.912. The molecule has 28 heavy (non-hydrogen) atoms. The molecular weight excluding hydrogens is 384 g/mol. The molecular formula is C19H24N2O6S. The highest BCUT2D eigenvalue weighted by molar-refractivity contribution is 7.89. The third-order valence-corrected chi connectivity index (χ3v) is 5.98. The van der Waals surface area contributed by atoms with Crippen molar-refractivity contribution in [1.29, 1.82) is 0 Å². The van der Waals surface area contributed by atoms with Crippen LogP contribution in [-0.2, 0) is 10.0 Å². The molecule has 0 unspecified atom stereocenters. The Bertz CT molecular complexity index is 945. The van der Waals surface area contributed by atoms with Crippen molar-refractivity contribution in [2.24, 2.45) is 0 Å². The summed E-state index contributed by atoms with van der Waals surface area (Å²) < 4.78 is 49.6. The molecule has 2 aromatic rings. The number of nitrogens with zero attached hydrogens (tertiary/aromatic N) is 1. The predicted octanol–water partition coefficient (Wildman–Crippen LogP) is 2.01. The van der Waals surface area contributed by atoms with Crippen LogP contribution in [0.15, 0.2) is 41.3 Å². The maximum absolute atomic E-state index is 12.9. The maximum Gasteiger partial charge on any atom is 0.244 e. The smallest absolute Gasteiger partial charge is 0.244 e. The van der Waals surface area contributed by atoms with Crippen LogP contribution in [-0.4, -0.2) is 55.0 Å². The Kier molecular flexibility index (Phi) is 5.97. The van der Waals surface area contributed by atoms with E-state index in [4.69, 9.17) is 18.9 Å². The van der Waals surface area contributed by atoms with Crippen molar-refractivity contribution < 1.29 is 27.4 Å². The molecule has 1 N–H and O–H groups in total. The van der Waals surface area contributed by atoms with Crippen LogP contribution in [0.2, 0.25) is 0 Å². The average Bonchev–Trinajstić information content (AvgIpc) is 3.15. The van der Waals surface area contributed by atoms with E-state index in [-0.39, 0.29) is 30.0 Å². The van der Waals surface area contributed by atoms with Gasteiger partial charge in [0.1, 0.15) is 16.4 Å². The minimum absolute atomic E-state index is 0.0255. The molecule has 0 aromatic heterocycles. The van der Waals surface area contributed by atoms with Crippen LogP contribution < -0.4 is 23.7 Å². The Labute approximate surface area is 165 Å². The van der Waals surface area contributed by atoms with Crippen molar-refractivity contribution in [3.8, 4) is 23.0 Å². The monoisotopic (exact) mass is 408 g/mol. The van der Waals surface area contributed by atoms with Crippen LogP contribution >= 0.6 is 0 Å². The third kappa shape index (κ3) is 4.16. The van der Waals surface area contributed by atoms with E-state index in [1.54, 1.807) is 12.1 Å². The highest BCUT2D eigenvalue weighted by atomic mass is 32.2. The van der Waals surface area contributed by atoms with Gasteiger partial charge >= 0.3 is 0 Å². The van der Waals surface area contributed by atoms with Crippen molar-refractivity contribution in [1.82, 2.24) is 9.62 Å². The first-order valence-electron chi connectivity index (χ1n) is 8.63. The Morgan fingerprint density at radius 1 is 1.07 bits per heavy atom. The van der Waals surface area contributed by atoms with E-state index < -0.39 is 10.0 Å². The lowest BCUT2D eigenvalue weighted by molar-refractivity contribution is 0.174. The SMILES string of the molecule is COc1ccc(OC)c(S(=O)(=O)NC[C@H](c2ccc3c(c2)OCO3)N(C)C)c1. The fourth-order valence-electron chi connectivity index (χ4n) is 2.98. The van der Waals surface area contributed by atoms with Gasteiger partial charge in [-0.25, -0.2) is 13.1 Å². The molecule has 0 aliphatic carbocycles. The zero-order chi connectivity index (χ0) is 20.3. The second-order valence-electron chi connectivity index (χ2n) is 6.46. The van der Waals surface area contributed by atoms with Gasteiger partial charge in [0.05, 0.1) is 14.2 Å². The highest BCUT2D eigenvalue weighted by Gasteiger charge is 2.25. The van der Waals surface area contributed by atoms with Crippen LogP contribution in [0.4, 0.5) is 0 Å². The third-order valence-electron chi connectivity index (χ3n) is 4.53. The minimum Gasteiger partial charge on any atom is -0.497 e. The first-order valence-corrected chi connectivity index (χ1v) is 10.1. The Hall–Kier alpha value is -2.49. The first kappa shape index (κ1) is 20.2. The van der Waals surface area contributed by atoms with Gasteiger partial charge in [0, 0.05) is 18.7 Å². The molecule has 8 nitrogen and oxygen atoms in total. The second kappa shape index (κ2) is 8.26. The number of benzene rings is 2. The molecule has 1 heterocycles. The number of nitrogens with one attached hydrogen (secondary N) is 1. The number of hydrogen-bond acceptors (Lipinski definition) is 7. The van der Waals surface area contributed by atoms with E-state index in [1.807, 2.05) is 37.2 Å². The van der Waals surface area contributed by atoms with Crippen LogP contribution in [0.25, 0.3) is 0 Å². The van der Waals surface area contributed by atoms with Gasteiger partial charge < -0.3 is 23.8 Å². The molecule has 0 saturated carbocycles. The molecule has 0 bridgehead atoms. The summed E-state index contributed by atoms with van der Waals surface area (Å²) in [5.74, 6) is 2.02. The highest BCUT2D eigenvalue weighted by Crippen LogP contribution is 2.35. The Morgan fingerprint density at radius 3 is 2.50 bits per heavy atom. The van der Waals surface area contributed by atoms with E-state index in [9.17, 15) is 8.42 Å². The van der Waals surface area contributed by atoms with Crippen molar-refractivity contribution >= 4 is 10.0 Å². The molecule has 0 fully saturated rings. The molecule has 9 heteroatoms. The maximum atomic E-state index is 12.9. The average molecular weight is 408 g/mol. The number of fused-ring (bicyclic) bond motifs is 1. The summed E-state index contributed by atoms with van der Waals surface area (Å²) >= 11 is 0. The normalized spacial score (nSPS) is 14.2. The van der Waals surface area contributed by atoms with Gasteiger partial charge in [-0.3, -0.25) is 0 Å². The topological polar surface area (TPSA) is 86.3 Å². The van der Waals surface area contributed by atoms with Crippen molar-refractivity contribution in [3.63, 3.8) is 0 Å². The molecule has 2 aromatic carbocycles. The number of rotatable bonds is 8. The number of ether oxygens (including phenoxy) is 4.